The maximum atomic E-state index is 12.5. The van der Waals surface area contributed by atoms with Gasteiger partial charge in [0.15, 0.2) is 11.6 Å². The average Bonchev–Trinajstić information content (AvgIpc) is 2.85. The summed E-state index contributed by atoms with van der Waals surface area (Å²) in [5.74, 6) is 0.775. The molecule has 148 valence electrons. The highest BCUT2D eigenvalue weighted by molar-refractivity contribution is 5.92. The molecule has 27 heavy (non-hydrogen) atoms. The Bertz CT molecular complexity index is 749. The highest BCUT2D eigenvalue weighted by Crippen LogP contribution is 2.67. The molecule has 2 unspecified atom stereocenters. The molecular weight excluding hydrogens is 340 g/mol. The minimum absolute atomic E-state index is 0.0790. The van der Waals surface area contributed by atoms with E-state index in [0.29, 0.717) is 18.8 Å². The number of carbonyl (C=O) groups excluding carboxylic acids is 2. The summed E-state index contributed by atoms with van der Waals surface area (Å²) in [6, 6.07) is 0. The summed E-state index contributed by atoms with van der Waals surface area (Å²) >= 11 is 0. The molecule has 0 aliphatic heterocycles. The largest absolute Gasteiger partial charge is 0.393 e. The molecule has 0 spiro atoms. The zero-order valence-corrected chi connectivity index (χ0v) is 16.9. The number of rotatable bonds is 2. The van der Waals surface area contributed by atoms with Crippen LogP contribution < -0.4 is 0 Å². The van der Waals surface area contributed by atoms with Gasteiger partial charge in [0.05, 0.1) is 6.10 Å². The summed E-state index contributed by atoms with van der Waals surface area (Å²) in [7, 11) is 0. The van der Waals surface area contributed by atoms with E-state index < -0.39 is 12.7 Å². The SMILES string of the molecule is CC1=C[C@H]2[C@@H]3CC(C)[C@H](C(=O)CO)[C@@]3(C)CC(O)[C@@H]2[C@@]2(C)CCC(=O)C=C12. The van der Waals surface area contributed by atoms with Crippen LogP contribution in [0.15, 0.2) is 23.3 Å². The van der Waals surface area contributed by atoms with Crippen LogP contribution in [0.2, 0.25) is 0 Å². The monoisotopic (exact) mass is 372 g/mol. The Morgan fingerprint density at radius 2 is 2.04 bits per heavy atom. The van der Waals surface area contributed by atoms with Crippen molar-refractivity contribution < 1.29 is 19.8 Å². The van der Waals surface area contributed by atoms with E-state index >= 15 is 0 Å². The van der Waals surface area contributed by atoms with E-state index in [2.05, 4.69) is 33.8 Å². The van der Waals surface area contributed by atoms with E-state index in [0.717, 1.165) is 24.0 Å². The van der Waals surface area contributed by atoms with Crippen LogP contribution >= 0.6 is 0 Å². The normalized spacial score (nSPS) is 48.9. The smallest absolute Gasteiger partial charge is 0.162 e. The fourth-order valence-corrected chi connectivity index (χ4v) is 7.70. The lowest BCUT2D eigenvalue weighted by Crippen LogP contribution is -2.56. The molecule has 4 nitrogen and oxygen atoms in total. The molecular formula is C23H32O4. The van der Waals surface area contributed by atoms with Gasteiger partial charge in [-0.1, -0.05) is 32.4 Å². The van der Waals surface area contributed by atoms with Crippen LogP contribution in [0.5, 0.6) is 0 Å². The first-order valence-electron chi connectivity index (χ1n) is 10.4. The number of aliphatic hydroxyl groups is 2. The molecule has 0 aromatic heterocycles. The van der Waals surface area contributed by atoms with Crippen molar-refractivity contribution >= 4 is 11.6 Å². The summed E-state index contributed by atoms with van der Waals surface area (Å²) in [6.45, 7) is 8.17. The van der Waals surface area contributed by atoms with Crippen LogP contribution in [-0.4, -0.2) is 34.5 Å². The second kappa shape index (κ2) is 6.12. The summed E-state index contributed by atoms with van der Waals surface area (Å²) < 4.78 is 0. The van der Waals surface area contributed by atoms with Crippen molar-refractivity contribution in [1.82, 2.24) is 0 Å². The minimum Gasteiger partial charge on any atom is -0.393 e. The number of Topliss-reactive ketones (excluding diaryl/α,β-unsaturated/α-hetero) is 1. The fourth-order valence-electron chi connectivity index (χ4n) is 7.70. The zero-order valence-electron chi connectivity index (χ0n) is 16.9. The highest BCUT2D eigenvalue weighted by Gasteiger charge is 2.64. The van der Waals surface area contributed by atoms with Crippen LogP contribution in [0, 0.1) is 40.4 Å². The van der Waals surface area contributed by atoms with Gasteiger partial charge in [0, 0.05) is 18.3 Å². The molecule has 0 bridgehead atoms. The molecule has 4 heteroatoms. The lowest BCUT2D eigenvalue weighted by Gasteiger charge is -2.58. The lowest BCUT2D eigenvalue weighted by molar-refractivity contribution is -0.140. The quantitative estimate of drug-likeness (QED) is 0.781. The molecule has 2 N–H and O–H groups in total. The maximum Gasteiger partial charge on any atom is 0.162 e. The summed E-state index contributed by atoms with van der Waals surface area (Å²) in [6.07, 6.45) is 6.48. The molecule has 4 rings (SSSR count). The Balaban J connectivity index is 1.82. The molecule has 0 radical (unpaired) electrons. The van der Waals surface area contributed by atoms with Crippen molar-refractivity contribution in [3.63, 3.8) is 0 Å². The predicted octanol–water partition coefficient (Wildman–Crippen LogP) is 3.08. The van der Waals surface area contributed by atoms with Crippen molar-refractivity contribution in [1.29, 1.82) is 0 Å². The fraction of sp³-hybridized carbons (Fsp3) is 0.739. The third-order valence-electron chi connectivity index (χ3n) is 8.61. The number of carbonyl (C=O) groups is 2. The van der Waals surface area contributed by atoms with Crippen LogP contribution in [0.1, 0.15) is 53.4 Å². The summed E-state index contributed by atoms with van der Waals surface area (Å²) in [5.41, 5.74) is 1.81. The molecule has 0 aromatic carbocycles. The number of allylic oxidation sites excluding steroid dienone is 4. The third-order valence-corrected chi connectivity index (χ3v) is 8.61. The van der Waals surface area contributed by atoms with E-state index in [-0.39, 0.29) is 46.1 Å². The van der Waals surface area contributed by atoms with Crippen molar-refractivity contribution in [2.24, 2.45) is 40.4 Å². The van der Waals surface area contributed by atoms with Crippen LogP contribution in [-0.2, 0) is 9.59 Å². The first-order chi connectivity index (χ1) is 12.6. The van der Waals surface area contributed by atoms with Crippen molar-refractivity contribution in [2.75, 3.05) is 6.61 Å². The molecule has 8 atom stereocenters. The van der Waals surface area contributed by atoms with E-state index in [1.807, 2.05) is 0 Å². The Labute approximate surface area is 161 Å². The lowest BCUT2D eigenvalue weighted by atomic mass is 9.46. The van der Waals surface area contributed by atoms with E-state index in [9.17, 15) is 19.8 Å². The molecule has 4 aliphatic carbocycles. The van der Waals surface area contributed by atoms with Crippen LogP contribution in [0.3, 0.4) is 0 Å². The predicted molar refractivity (Wildman–Crippen MR) is 103 cm³/mol. The van der Waals surface area contributed by atoms with Gasteiger partial charge in [-0.3, -0.25) is 9.59 Å². The number of aliphatic hydroxyl groups excluding tert-OH is 2. The molecule has 2 saturated carbocycles. The molecule has 0 aromatic rings. The molecule has 4 aliphatic rings. The van der Waals surface area contributed by atoms with Crippen molar-refractivity contribution in [2.45, 2.75) is 59.5 Å². The Kier molecular flexibility index (Phi) is 4.32. The number of ketones is 2. The third kappa shape index (κ3) is 2.49. The molecule has 0 heterocycles. The topological polar surface area (TPSA) is 74.6 Å². The van der Waals surface area contributed by atoms with Gasteiger partial charge in [-0.05, 0) is 66.4 Å². The van der Waals surface area contributed by atoms with Crippen molar-refractivity contribution in [3.8, 4) is 0 Å². The summed E-state index contributed by atoms with van der Waals surface area (Å²) in [5, 5.41) is 20.8. The van der Waals surface area contributed by atoms with Crippen molar-refractivity contribution in [3.05, 3.63) is 23.3 Å². The number of hydrogen-bond donors (Lipinski definition) is 2. The average molecular weight is 373 g/mol. The van der Waals surface area contributed by atoms with Gasteiger partial charge in [0.1, 0.15) is 6.61 Å². The molecule has 2 fully saturated rings. The summed E-state index contributed by atoms with van der Waals surface area (Å²) in [4.78, 5) is 24.6. The number of fused-ring (bicyclic) bond motifs is 5. The van der Waals surface area contributed by atoms with Crippen LogP contribution in [0.4, 0.5) is 0 Å². The van der Waals surface area contributed by atoms with Crippen LogP contribution in [0.25, 0.3) is 0 Å². The highest BCUT2D eigenvalue weighted by atomic mass is 16.3. The first-order valence-corrected chi connectivity index (χ1v) is 10.4. The minimum atomic E-state index is -0.499. The van der Waals surface area contributed by atoms with Gasteiger partial charge in [-0.25, -0.2) is 0 Å². The van der Waals surface area contributed by atoms with Gasteiger partial charge in [0.2, 0.25) is 0 Å². The number of hydrogen-bond acceptors (Lipinski definition) is 4. The molecule has 0 saturated heterocycles. The maximum absolute atomic E-state index is 12.5. The Hall–Kier alpha value is -1.26. The van der Waals surface area contributed by atoms with Gasteiger partial charge < -0.3 is 10.2 Å². The van der Waals surface area contributed by atoms with E-state index in [1.54, 1.807) is 6.08 Å². The standard InChI is InChI=1S/C23H32O4/c1-12-7-15-17-8-13(2)20(19(27)11-24)23(17,4)10-18(26)21(15)22(3)6-5-14(25)9-16(12)22/h7,9,13,15,17-18,20-21,24,26H,5-6,8,10-11H2,1-4H3/t13?,15-,17-,18?,20+,21+,22-,23-/m0/s1. The Morgan fingerprint density at radius 1 is 1.33 bits per heavy atom. The van der Waals surface area contributed by atoms with Gasteiger partial charge in [0.25, 0.3) is 0 Å². The van der Waals surface area contributed by atoms with Gasteiger partial charge >= 0.3 is 0 Å². The van der Waals surface area contributed by atoms with Gasteiger partial charge in [-0.2, -0.15) is 0 Å². The van der Waals surface area contributed by atoms with Gasteiger partial charge in [-0.15, -0.1) is 0 Å². The Morgan fingerprint density at radius 3 is 2.70 bits per heavy atom. The second-order valence-electron chi connectivity index (χ2n) is 10.1. The first kappa shape index (κ1) is 19.1. The van der Waals surface area contributed by atoms with E-state index in [1.165, 1.54) is 0 Å². The molecule has 0 amide bonds. The second-order valence-corrected chi connectivity index (χ2v) is 10.1. The van der Waals surface area contributed by atoms with E-state index in [4.69, 9.17) is 0 Å². The zero-order chi connectivity index (χ0) is 19.7.